The molecule has 29 heavy (non-hydrogen) atoms. The van der Waals surface area contributed by atoms with Crippen LogP contribution in [-0.4, -0.2) is 21.3 Å². The van der Waals surface area contributed by atoms with Gasteiger partial charge in [-0.3, -0.25) is 0 Å². The van der Waals surface area contributed by atoms with Gasteiger partial charge in [-0.25, -0.2) is 0 Å². The van der Waals surface area contributed by atoms with E-state index in [1.807, 2.05) is 0 Å². The Morgan fingerprint density at radius 1 is 0.793 bits per heavy atom. The maximum atomic E-state index is 4.33. The van der Waals surface area contributed by atoms with E-state index in [0.29, 0.717) is 5.92 Å². The molecule has 0 bridgehead atoms. The molecule has 0 fully saturated rings. The molecule has 0 heterocycles. The Labute approximate surface area is 181 Å². The van der Waals surface area contributed by atoms with Crippen molar-refractivity contribution in [2.45, 2.75) is 38.7 Å². The Morgan fingerprint density at radius 3 is 1.69 bits per heavy atom. The Hall–Kier alpha value is -1.84. The Morgan fingerprint density at radius 2 is 1.24 bits per heavy atom. The first kappa shape index (κ1) is 21.9. The van der Waals surface area contributed by atoms with Gasteiger partial charge in [0.15, 0.2) is 0 Å². The zero-order valence-corrected chi connectivity index (χ0v) is 21.7. The van der Waals surface area contributed by atoms with Crippen molar-refractivity contribution >= 4 is 39.7 Å². The molecular weight excluding hydrogens is 425 g/mol. The van der Waals surface area contributed by atoms with Gasteiger partial charge in [0.05, 0.1) is 0 Å². The molecule has 0 nitrogen and oxygen atoms in total. The number of hydrogen-bond acceptors (Lipinski definition) is 0. The van der Waals surface area contributed by atoms with Crippen molar-refractivity contribution < 1.29 is 0 Å². The molecule has 0 aliphatic rings. The summed E-state index contributed by atoms with van der Waals surface area (Å²) in [6.45, 7) is 16.3. The number of rotatable bonds is 7. The molecule has 0 aliphatic carbocycles. The summed E-state index contributed by atoms with van der Waals surface area (Å²) in [5, 5.41) is 2.83. The SMILES string of the molecule is C=C(C)C(C)[CH2][Ge]([c]1ccccc1)([c]1ccccc1)[c]1ccccc1[Si](C)(C)C. The summed E-state index contributed by atoms with van der Waals surface area (Å²) in [7, 11) is -1.51. The fourth-order valence-electron chi connectivity index (χ4n) is 4.41. The van der Waals surface area contributed by atoms with E-state index in [1.54, 1.807) is 18.4 Å². The van der Waals surface area contributed by atoms with Gasteiger partial charge >= 0.3 is 181 Å². The van der Waals surface area contributed by atoms with Gasteiger partial charge in [0.25, 0.3) is 0 Å². The summed E-state index contributed by atoms with van der Waals surface area (Å²) in [5.41, 5.74) is 1.29. The monoisotopic (exact) mass is 460 g/mol. The van der Waals surface area contributed by atoms with Crippen molar-refractivity contribution in [3.05, 3.63) is 97.1 Å². The summed E-state index contributed by atoms with van der Waals surface area (Å²) in [6.07, 6.45) is 0. The summed E-state index contributed by atoms with van der Waals surface area (Å²) in [5.74, 6) is 0.491. The average molecular weight is 459 g/mol. The van der Waals surface area contributed by atoms with Gasteiger partial charge in [-0.15, -0.1) is 0 Å². The van der Waals surface area contributed by atoms with Gasteiger partial charge in [-0.05, 0) is 0 Å². The molecule has 0 N–H and O–H groups in total. The summed E-state index contributed by atoms with van der Waals surface area (Å²) >= 11 is -2.94. The van der Waals surface area contributed by atoms with Gasteiger partial charge < -0.3 is 0 Å². The minimum atomic E-state index is -2.94. The summed E-state index contributed by atoms with van der Waals surface area (Å²) in [4.78, 5) is 0. The van der Waals surface area contributed by atoms with Crippen molar-refractivity contribution in [1.29, 1.82) is 0 Å². The molecule has 0 saturated carbocycles. The second-order valence-electron chi connectivity index (χ2n) is 9.38. The molecule has 3 aromatic carbocycles. The minimum absolute atomic E-state index is 0.491. The zero-order chi connectivity index (χ0) is 21.1. The van der Waals surface area contributed by atoms with E-state index in [2.05, 4.69) is 125 Å². The molecular formula is C27H34GeSi. The summed E-state index contributed by atoms with van der Waals surface area (Å²) in [6, 6.07) is 32.1. The van der Waals surface area contributed by atoms with Crippen molar-refractivity contribution in [2.75, 3.05) is 0 Å². The molecule has 3 rings (SSSR count). The quantitative estimate of drug-likeness (QED) is 0.348. The van der Waals surface area contributed by atoms with Crippen molar-refractivity contribution in [2.24, 2.45) is 5.92 Å². The van der Waals surface area contributed by atoms with Gasteiger partial charge in [-0.1, -0.05) is 0 Å². The van der Waals surface area contributed by atoms with E-state index in [-0.39, 0.29) is 0 Å². The third-order valence-electron chi connectivity index (χ3n) is 6.18. The molecule has 0 spiro atoms. The first-order chi connectivity index (χ1) is 13.8. The van der Waals surface area contributed by atoms with Crippen LogP contribution in [0.25, 0.3) is 0 Å². The fourth-order valence-corrected chi connectivity index (χ4v) is 20.6. The molecule has 2 heteroatoms. The molecule has 3 aromatic rings. The van der Waals surface area contributed by atoms with E-state index in [9.17, 15) is 0 Å². The second-order valence-corrected chi connectivity index (χ2v) is 22.6. The van der Waals surface area contributed by atoms with Gasteiger partial charge in [0, 0.05) is 0 Å². The summed E-state index contributed by atoms with van der Waals surface area (Å²) < 4.78 is 4.76. The molecule has 0 saturated heterocycles. The maximum absolute atomic E-state index is 4.33. The molecule has 0 amide bonds. The van der Waals surface area contributed by atoms with Crippen LogP contribution >= 0.6 is 0 Å². The van der Waals surface area contributed by atoms with Crippen LogP contribution in [0, 0.1) is 5.92 Å². The van der Waals surface area contributed by atoms with Crippen LogP contribution in [0.1, 0.15) is 13.8 Å². The van der Waals surface area contributed by atoms with E-state index in [1.165, 1.54) is 10.8 Å². The van der Waals surface area contributed by atoms with Crippen LogP contribution < -0.4 is 18.4 Å². The van der Waals surface area contributed by atoms with Crippen molar-refractivity contribution in [3.8, 4) is 0 Å². The van der Waals surface area contributed by atoms with Crippen LogP contribution in [0.3, 0.4) is 0 Å². The number of hydrogen-bond donors (Lipinski definition) is 0. The zero-order valence-electron chi connectivity index (χ0n) is 18.6. The number of benzene rings is 3. The molecule has 0 aromatic heterocycles. The van der Waals surface area contributed by atoms with Crippen molar-refractivity contribution in [3.63, 3.8) is 0 Å². The normalized spacial score (nSPS) is 13.1. The Kier molecular flexibility index (Phi) is 6.70. The van der Waals surface area contributed by atoms with Gasteiger partial charge in [0.1, 0.15) is 0 Å². The van der Waals surface area contributed by atoms with E-state index >= 15 is 0 Å². The standard InChI is InChI=1S/C27H34GeSi/c1-22(2)23(3)21-28(24-15-9-7-10-16-24,25-17-11-8-12-18-25)26-19-13-14-20-27(26)29(4,5)6/h7-20,23H,1,21H2,2-6H3. The van der Waals surface area contributed by atoms with Gasteiger partial charge in [0.2, 0.25) is 0 Å². The van der Waals surface area contributed by atoms with Crippen LogP contribution in [0.4, 0.5) is 0 Å². The average Bonchev–Trinajstić information content (AvgIpc) is 2.72. The molecule has 0 radical (unpaired) electrons. The van der Waals surface area contributed by atoms with Crippen LogP contribution in [0.2, 0.25) is 24.9 Å². The first-order valence-electron chi connectivity index (χ1n) is 10.6. The third kappa shape index (κ3) is 4.51. The van der Waals surface area contributed by atoms with E-state index in [0.717, 1.165) is 0 Å². The van der Waals surface area contributed by atoms with Crippen molar-refractivity contribution in [1.82, 2.24) is 0 Å². The fraction of sp³-hybridized carbons (Fsp3) is 0.259. The predicted molar refractivity (Wildman–Crippen MR) is 136 cm³/mol. The Balaban J connectivity index is 2.42. The molecule has 0 aliphatic heterocycles. The Bertz CT molecular complexity index is 915. The van der Waals surface area contributed by atoms with Crippen LogP contribution in [0.5, 0.6) is 0 Å². The van der Waals surface area contributed by atoms with Crippen LogP contribution in [-0.2, 0) is 0 Å². The second kappa shape index (κ2) is 8.89. The van der Waals surface area contributed by atoms with E-state index in [4.69, 9.17) is 0 Å². The molecule has 1 unspecified atom stereocenters. The predicted octanol–water partition coefficient (Wildman–Crippen LogP) is 4.91. The molecule has 1 atom stereocenters. The third-order valence-corrected chi connectivity index (χ3v) is 19.7. The molecule has 150 valence electrons. The van der Waals surface area contributed by atoms with E-state index < -0.39 is 21.3 Å². The number of allylic oxidation sites excluding steroid dienone is 1. The van der Waals surface area contributed by atoms with Crippen LogP contribution in [0.15, 0.2) is 97.1 Å². The van der Waals surface area contributed by atoms with Gasteiger partial charge in [-0.2, -0.15) is 0 Å². The first-order valence-corrected chi connectivity index (χ1v) is 18.8. The topological polar surface area (TPSA) is 0 Å².